The van der Waals surface area contributed by atoms with Crippen molar-refractivity contribution in [1.82, 2.24) is 15.1 Å². The summed E-state index contributed by atoms with van der Waals surface area (Å²) in [7, 11) is 0. The van der Waals surface area contributed by atoms with Crippen LogP contribution in [0.25, 0.3) is 0 Å². The molecule has 3 saturated heterocycles. The highest BCUT2D eigenvalue weighted by Crippen LogP contribution is 2.38. The molecule has 5 heteroatoms. The summed E-state index contributed by atoms with van der Waals surface area (Å²) in [4.78, 5) is 16.9. The highest BCUT2D eigenvalue weighted by molar-refractivity contribution is 5.67. The van der Waals surface area contributed by atoms with E-state index in [4.69, 9.17) is 4.74 Å². The molecule has 0 radical (unpaired) electrons. The fourth-order valence-electron chi connectivity index (χ4n) is 4.81. The van der Waals surface area contributed by atoms with E-state index in [9.17, 15) is 4.79 Å². The fraction of sp³-hybridized carbons (Fsp3) is 0.667. The van der Waals surface area contributed by atoms with Gasteiger partial charge < -0.3 is 19.9 Å². The molecule has 1 aromatic rings. The molecule has 4 rings (SSSR count). The molecule has 3 fully saturated rings. The van der Waals surface area contributed by atoms with E-state index in [0.717, 1.165) is 31.5 Å². The first-order chi connectivity index (χ1) is 12.7. The van der Waals surface area contributed by atoms with Crippen LogP contribution in [0.2, 0.25) is 0 Å². The molecule has 3 heterocycles. The lowest BCUT2D eigenvalue weighted by molar-refractivity contribution is 0.0415. The molecule has 1 amide bonds. The molecule has 0 unspecified atom stereocenters. The minimum Gasteiger partial charge on any atom is -0.445 e. The largest absolute Gasteiger partial charge is 0.445 e. The van der Waals surface area contributed by atoms with E-state index in [2.05, 4.69) is 10.2 Å². The van der Waals surface area contributed by atoms with Gasteiger partial charge in [-0.2, -0.15) is 0 Å². The number of amides is 1. The molecule has 0 aliphatic carbocycles. The molecule has 1 aromatic carbocycles. The number of carbonyl (C=O) groups excluding carboxylic acids is 1. The van der Waals surface area contributed by atoms with Crippen LogP contribution in [0.5, 0.6) is 0 Å². The van der Waals surface area contributed by atoms with Gasteiger partial charge in [0.15, 0.2) is 0 Å². The first-order valence-electron chi connectivity index (χ1n) is 10.1. The lowest BCUT2D eigenvalue weighted by atomic mass is 9.77. The Morgan fingerprint density at radius 3 is 2.46 bits per heavy atom. The molecule has 5 nitrogen and oxygen atoms in total. The van der Waals surface area contributed by atoms with Gasteiger partial charge in [0.25, 0.3) is 0 Å². The topological polar surface area (TPSA) is 44.8 Å². The number of nitrogens with zero attached hydrogens (tertiary/aromatic N) is 2. The molecule has 3 aliphatic rings. The molecule has 0 aromatic heterocycles. The van der Waals surface area contributed by atoms with Gasteiger partial charge in [0.05, 0.1) is 0 Å². The van der Waals surface area contributed by atoms with E-state index in [1.807, 2.05) is 35.2 Å². The van der Waals surface area contributed by atoms with Crippen LogP contribution in [0.1, 0.15) is 37.7 Å². The van der Waals surface area contributed by atoms with Crippen molar-refractivity contribution in [2.45, 2.75) is 44.8 Å². The number of carbonyl (C=O) groups is 1. The molecule has 1 N–H and O–H groups in total. The first kappa shape index (κ1) is 17.8. The van der Waals surface area contributed by atoms with Gasteiger partial charge in [-0.05, 0) is 62.7 Å². The van der Waals surface area contributed by atoms with Crippen molar-refractivity contribution in [2.24, 2.45) is 5.41 Å². The smallest absolute Gasteiger partial charge is 0.410 e. The first-order valence-corrected chi connectivity index (χ1v) is 10.1. The Labute approximate surface area is 156 Å². The average molecular weight is 357 g/mol. The van der Waals surface area contributed by atoms with Gasteiger partial charge in [-0.1, -0.05) is 30.3 Å². The summed E-state index contributed by atoms with van der Waals surface area (Å²) < 4.78 is 5.48. The van der Waals surface area contributed by atoms with Crippen molar-refractivity contribution >= 4 is 6.09 Å². The molecular formula is C21H31N3O2. The van der Waals surface area contributed by atoms with Gasteiger partial charge in [-0.15, -0.1) is 0 Å². The molecule has 0 atom stereocenters. The summed E-state index contributed by atoms with van der Waals surface area (Å²) >= 11 is 0. The van der Waals surface area contributed by atoms with E-state index in [-0.39, 0.29) is 6.09 Å². The van der Waals surface area contributed by atoms with Gasteiger partial charge in [0.2, 0.25) is 0 Å². The van der Waals surface area contributed by atoms with Crippen molar-refractivity contribution < 1.29 is 9.53 Å². The quantitative estimate of drug-likeness (QED) is 0.903. The average Bonchev–Trinajstić information content (AvgIpc) is 3.16. The molecule has 3 aliphatic heterocycles. The molecule has 26 heavy (non-hydrogen) atoms. The lowest BCUT2D eigenvalue weighted by Crippen LogP contribution is -2.51. The zero-order valence-corrected chi connectivity index (χ0v) is 15.7. The van der Waals surface area contributed by atoms with Crippen molar-refractivity contribution in [1.29, 1.82) is 0 Å². The standard InChI is InChI=1S/C21H31N3O2/c25-20(26-16-18-4-2-1-3-5-18)24-12-6-19(7-13-24)23-14-9-21(10-15-23)8-11-22-17-21/h1-5,19,22H,6-17H2. The lowest BCUT2D eigenvalue weighted by Gasteiger charge is -2.44. The molecule has 142 valence electrons. The van der Waals surface area contributed by atoms with Crippen LogP contribution in [-0.4, -0.2) is 61.2 Å². The van der Waals surface area contributed by atoms with Crippen molar-refractivity contribution in [3.05, 3.63) is 35.9 Å². The van der Waals surface area contributed by atoms with Crippen molar-refractivity contribution in [2.75, 3.05) is 39.3 Å². The predicted molar refractivity (Wildman–Crippen MR) is 102 cm³/mol. The van der Waals surface area contributed by atoms with E-state index >= 15 is 0 Å². The Morgan fingerprint density at radius 1 is 1.08 bits per heavy atom. The van der Waals surface area contributed by atoms with Crippen molar-refractivity contribution in [3.63, 3.8) is 0 Å². The minimum atomic E-state index is -0.165. The van der Waals surface area contributed by atoms with E-state index in [1.165, 1.54) is 45.4 Å². The molecule has 0 saturated carbocycles. The Bertz CT molecular complexity index is 583. The van der Waals surface area contributed by atoms with E-state index in [1.54, 1.807) is 0 Å². The maximum Gasteiger partial charge on any atom is 0.410 e. The highest BCUT2D eigenvalue weighted by Gasteiger charge is 2.39. The monoisotopic (exact) mass is 357 g/mol. The normalized spacial score (nSPS) is 24.1. The summed E-state index contributed by atoms with van der Waals surface area (Å²) in [6.07, 6.45) is 6.00. The summed E-state index contributed by atoms with van der Waals surface area (Å²) in [5.74, 6) is 0. The Morgan fingerprint density at radius 2 is 1.81 bits per heavy atom. The number of benzene rings is 1. The van der Waals surface area contributed by atoms with Gasteiger partial charge in [-0.25, -0.2) is 4.79 Å². The Hall–Kier alpha value is -1.59. The van der Waals surface area contributed by atoms with Gasteiger partial charge in [0.1, 0.15) is 6.61 Å². The van der Waals surface area contributed by atoms with Crippen LogP contribution in [0.3, 0.4) is 0 Å². The zero-order valence-electron chi connectivity index (χ0n) is 15.7. The third-order valence-electron chi connectivity index (χ3n) is 6.64. The highest BCUT2D eigenvalue weighted by atomic mass is 16.6. The van der Waals surface area contributed by atoms with Gasteiger partial charge >= 0.3 is 6.09 Å². The van der Waals surface area contributed by atoms with Crippen LogP contribution < -0.4 is 5.32 Å². The van der Waals surface area contributed by atoms with Gasteiger partial charge in [0, 0.05) is 25.7 Å². The summed E-state index contributed by atoms with van der Waals surface area (Å²) in [5.41, 5.74) is 1.62. The van der Waals surface area contributed by atoms with Crippen LogP contribution >= 0.6 is 0 Å². The number of ether oxygens (including phenoxy) is 1. The van der Waals surface area contributed by atoms with Crippen molar-refractivity contribution in [3.8, 4) is 0 Å². The summed E-state index contributed by atoms with van der Waals surface area (Å²) in [6.45, 7) is 6.87. The number of hydrogen-bond donors (Lipinski definition) is 1. The minimum absolute atomic E-state index is 0.165. The maximum absolute atomic E-state index is 12.3. The van der Waals surface area contributed by atoms with Gasteiger partial charge in [-0.3, -0.25) is 0 Å². The van der Waals surface area contributed by atoms with Crippen LogP contribution in [0.4, 0.5) is 4.79 Å². The third-order valence-corrected chi connectivity index (χ3v) is 6.64. The van der Waals surface area contributed by atoms with E-state index in [0.29, 0.717) is 18.1 Å². The number of hydrogen-bond acceptors (Lipinski definition) is 4. The third kappa shape index (κ3) is 4.04. The van der Waals surface area contributed by atoms with Crippen LogP contribution in [0.15, 0.2) is 30.3 Å². The molecule has 1 spiro atoms. The number of rotatable bonds is 3. The second-order valence-electron chi connectivity index (χ2n) is 8.22. The van der Waals surface area contributed by atoms with Crippen LogP contribution in [0, 0.1) is 5.41 Å². The molecular weight excluding hydrogens is 326 g/mol. The maximum atomic E-state index is 12.3. The molecule has 0 bridgehead atoms. The van der Waals surface area contributed by atoms with E-state index < -0.39 is 0 Å². The summed E-state index contributed by atoms with van der Waals surface area (Å²) in [6, 6.07) is 10.5. The summed E-state index contributed by atoms with van der Waals surface area (Å²) in [5, 5.41) is 3.54. The second kappa shape index (κ2) is 7.97. The second-order valence-corrected chi connectivity index (χ2v) is 8.22. The Balaban J connectivity index is 1.20. The van der Waals surface area contributed by atoms with Crippen LogP contribution in [-0.2, 0) is 11.3 Å². The zero-order chi connectivity index (χ0) is 17.8. The Kier molecular flexibility index (Phi) is 5.46. The predicted octanol–water partition coefficient (Wildman–Crippen LogP) is 2.86. The number of piperidine rings is 2. The SMILES string of the molecule is O=C(OCc1ccccc1)N1CCC(N2CCC3(CCNC3)CC2)CC1. The number of likely N-dealkylation sites (tertiary alicyclic amines) is 2. The number of nitrogens with one attached hydrogen (secondary N) is 1. The fourth-order valence-corrected chi connectivity index (χ4v) is 4.81.